The number of fused-ring (bicyclic) bond motifs is 1. The molecular formula is C25H21ClN4O3S. The first-order valence-electron chi connectivity index (χ1n) is 10.7. The number of hydrogen-bond acceptors (Lipinski definition) is 6. The lowest BCUT2D eigenvalue weighted by Crippen LogP contribution is -2.17. The molecule has 1 aliphatic rings. The standard InChI is InChI=1S/C25H21ClN4O3S/c26-19-8-6-18(7-9-19)24-28-29-25(30(24)15-17-4-2-1-3-5-17)34-16-23(31)27-20-10-11-21-22(14-20)33-13-12-32-21/h1-11,14H,12-13,15-16H2,(H,27,31). The van der Waals surface area contributed by atoms with Gasteiger partial charge in [0.25, 0.3) is 0 Å². The monoisotopic (exact) mass is 492 g/mol. The van der Waals surface area contributed by atoms with Crippen molar-refractivity contribution >= 4 is 35.0 Å². The third-order valence-corrected chi connectivity index (χ3v) is 6.38. The molecule has 0 bridgehead atoms. The Kier molecular flexibility index (Phi) is 6.69. The van der Waals surface area contributed by atoms with Crippen LogP contribution in [0.1, 0.15) is 5.56 Å². The molecule has 1 aromatic heterocycles. The van der Waals surface area contributed by atoms with E-state index in [0.717, 1.165) is 17.0 Å². The largest absolute Gasteiger partial charge is 0.486 e. The fourth-order valence-electron chi connectivity index (χ4n) is 3.56. The highest BCUT2D eigenvalue weighted by Gasteiger charge is 2.17. The molecule has 0 radical (unpaired) electrons. The lowest BCUT2D eigenvalue weighted by atomic mass is 10.2. The van der Waals surface area contributed by atoms with E-state index in [1.807, 2.05) is 47.0 Å². The van der Waals surface area contributed by atoms with E-state index in [1.54, 1.807) is 18.2 Å². The second-order valence-corrected chi connectivity index (χ2v) is 8.96. The van der Waals surface area contributed by atoms with Gasteiger partial charge in [0, 0.05) is 22.3 Å². The van der Waals surface area contributed by atoms with E-state index in [4.69, 9.17) is 21.1 Å². The minimum absolute atomic E-state index is 0.149. The fraction of sp³-hybridized carbons (Fsp3) is 0.160. The van der Waals surface area contributed by atoms with Crippen LogP contribution in [0, 0.1) is 0 Å². The predicted octanol–water partition coefficient (Wildman–Crippen LogP) is 5.15. The van der Waals surface area contributed by atoms with Crippen LogP contribution in [0.4, 0.5) is 5.69 Å². The van der Waals surface area contributed by atoms with Crippen molar-refractivity contribution in [1.29, 1.82) is 0 Å². The van der Waals surface area contributed by atoms with Crippen LogP contribution >= 0.6 is 23.4 Å². The molecule has 0 unspecified atom stereocenters. The molecule has 0 fully saturated rings. The van der Waals surface area contributed by atoms with Crippen molar-refractivity contribution in [2.45, 2.75) is 11.7 Å². The number of carbonyl (C=O) groups excluding carboxylic acids is 1. The maximum Gasteiger partial charge on any atom is 0.234 e. The van der Waals surface area contributed by atoms with Crippen LogP contribution in [-0.2, 0) is 11.3 Å². The van der Waals surface area contributed by atoms with E-state index in [1.165, 1.54) is 11.8 Å². The lowest BCUT2D eigenvalue weighted by molar-refractivity contribution is -0.113. The van der Waals surface area contributed by atoms with E-state index >= 15 is 0 Å². The van der Waals surface area contributed by atoms with Crippen molar-refractivity contribution < 1.29 is 14.3 Å². The predicted molar refractivity (Wildman–Crippen MR) is 133 cm³/mol. The Bertz CT molecular complexity index is 1300. The number of aromatic nitrogens is 3. The number of carbonyl (C=O) groups is 1. The van der Waals surface area contributed by atoms with E-state index in [9.17, 15) is 4.79 Å². The highest BCUT2D eigenvalue weighted by molar-refractivity contribution is 7.99. The molecule has 34 heavy (non-hydrogen) atoms. The zero-order valence-electron chi connectivity index (χ0n) is 18.1. The summed E-state index contributed by atoms with van der Waals surface area (Å²) in [6, 6.07) is 22.9. The molecule has 3 aromatic carbocycles. The highest BCUT2D eigenvalue weighted by atomic mass is 35.5. The van der Waals surface area contributed by atoms with Crippen molar-refractivity contribution in [3.05, 3.63) is 83.4 Å². The minimum Gasteiger partial charge on any atom is -0.486 e. The molecule has 7 nitrogen and oxygen atoms in total. The Hall–Kier alpha value is -3.49. The maximum absolute atomic E-state index is 12.7. The smallest absolute Gasteiger partial charge is 0.234 e. The van der Waals surface area contributed by atoms with Gasteiger partial charge in [-0.25, -0.2) is 0 Å². The molecule has 1 aliphatic heterocycles. The molecule has 0 atom stereocenters. The molecule has 9 heteroatoms. The van der Waals surface area contributed by atoms with Gasteiger partial charge in [0.2, 0.25) is 5.91 Å². The average molecular weight is 493 g/mol. The van der Waals surface area contributed by atoms with Crippen LogP contribution in [0.2, 0.25) is 5.02 Å². The summed E-state index contributed by atoms with van der Waals surface area (Å²) in [7, 11) is 0. The first-order valence-corrected chi connectivity index (χ1v) is 12.1. The Balaban J connectivity index is 1.32. The van der Waals surface area contributed by atoms with Gasteiger partial charge in [-0.3, -0.25) is 9.36 Å². The summed E-state index contributed by atoms with van der Waals surface area (Å²) in [5.41, 5.74) is 2.67. The number of amides is 1. The minimum atomic E-state index is -0.149. The third kappa shape index (κ3) is 5.18. The van der Waals surface area contributed by atoms with E-state index < -0.39 is 0 Å². The van der Waals surface area contributed by atoms with E-state index in [-0.39, 0.29) is 11.7 Å². The number of anilines is 1. The summed E-state index contributed by atoms with van der Waals surface area (Å²) in [4.78, 5) is 12.7. The van der Waals surface area contributed by atoms with Gasteiger partial charge in [0.05, 0.1) is 12.3 Å². The van der Waals surface area contributed by atoms with Crippen LogP contribution in [0.15, 0.2) is 78.0 Å². The lowest BCUT2D eigenvalue weighted by Gasteiger charge is -2.19. The molecule has 0 aliphatic carbocycles. The Morgan fingerprint density at radius 2 is 1.74 bits per heavy atom. The molecule has 0 spiro atoms. The Labute approximate surface area is 206 Å². The van der Waals surface area contributed by atoms with Gasteiger partial charge in [-0.05, 0) is 42.0 Å². The molecular weight excluding hydrogens is 472 g/mol. The quantitative estimate of drug-likeness (QED) is 0.359. The molecule has 0 saturated carbocycles. The molecule has 2 heterocycles. The van der Waals surface area contributed by atoms with E-state index in [0.29, 0.717) is 47.1 Å². The van der Waals surface area contributed by atoms with Gasteiger partial charge >= 0.3 is 0 Å². The number of nitrogens with zero attached hydrogens (tertiary/aromatic N) is 3. The Morgan fingerprint density at radius 1 is 0.971 bits per heavy atom. The molecule has 1 N–H and O–H groups in total. The molecule has 4 aromatic rings. The van der Waals surface area contributed by atoms with Gasteiger partial charge in [-0.2, -0.15) is 0 Å². The summed E-state index contributed by atoms with van der Waals surface area (Å²) >= 11 is 7.39. The number of thioether (sulfide) groups is 1. The summed E-state index contributed by atoms with van der Waals surface area (Å²) < 4.78 is 13.1. The number of benzene rings is 3. The first kappa shape index (κ1) is 22.3. The number of halogens is 1. The van der Waals surface area contributed by atoms with Crippen molar-refractivity contribution in [2.24, 2.45) is 0 Å². The average Bonchev–Trinajstić information content (AvgIpc) is 3.26. The second-order valence-electron chi connectivity index (χ2n) is 7.58. The van der Waals surface area contributed by atoms with Crippen molar-refractivity contribution in [2.75, 3.05) is 24.3 Å². The topological polar surface area (TPSA) is 78.3 Å². The summed E-state index contributed by atoms with van der Waals surface area (Å²) in [6.07, 6.45) is 0. The van der Waals surface area contributed by atoms with Gasteiger partial charge in [-0.15, -0.1) is 10.2 Å². The van der Waals surface area contributed by atoms with Crippen LogP contribution in [-0.4, -0.2) is 39.6 Å². The highest BCUT2D eigenvalue weighted by Crippen LogP contribution is 2.33. The molecule has 172 valence electrons. The maximum atomic E-state index is 12.7. The number of rotatable bonds is 7. The van der Waals surface area contributed by atoms with Gasteiger partial charge < -0.3 is 14.8 Å². The summed E-state index contributed by atoms with van der Waals surface area (Å²) in [5, 5.41) is 13.0. The molecule has 5 rings (SSSR count). The summed E-state index contributed by atoms with van der Waals surface area (Å²) in [6.45, 7) is 1.60. The zero-order chi connectivity index (χ0) is 23.3. The van der Waals surface area contributed by atoms with Crippen molar-refractivity contribution in [3.63, 3.8) is 0 Å². The van der Waals surface area contributed by atoms with Crippen molar-refractivity contribution in [3.8, 4) is 22.9 Å². The fourth-order valence-corrected chi connectivity index (χ4v) is 4.43. The van der Waals surface area contributed by atoms with Crippen molar-refractivity contribution in [1.82, 2.24) is 14.8 Å². The number of nitrogens with one attached hydrogen (secondary N) is 1. The van der Waals surface area contributed by atoms with Gasteiger partial charge in [-0.1, -0.05) is 53.7 Å². The molecule has 0 saturated heterocycles. The van der Waals surface area contributed by atoms with Gasteiger partial charge in [0.1, 0.15) is 13.2 Å². The van der Waals surface area contributed by atoms with Crippen LogP contribution in [0.25, 0.3) is 11.4 Å². The SMILES string of the molecule is O=C(CSc1nnc(-c2ccc(Cl)cc2)n1Cc1ccccc1)Nc1ccc2c(c1)OCCO2. The zero-order valence-corrected chi connectivity index (χ0v) is 19.7. The van der Waals surface area contributed by atoms with E-state index in [2.05, 4.69) is 27.6 Å². The van der Waals surface area contributed by atoms with Gasteiger partial charge in [0.15, 0.2) is 22.5 Å². The Morgan fingerprint density at radius 3 is 2.53 bits per heavy atom. The van der Waals surface area contributed by atoms with Crippen LogP contribution in [0.3, 0.4) is 0 Å². The molecule has 1 amide bonds. The summed E-state index contributed by atoms with van der Waals surface area (Å²) in [5.74, 6) is 2.07. The number of ether oxygens (including phenoxy) is 2. The first-order chi connectivity index (χ1) is 16.7. The third-order valence-electron chi connectivity index (χ3n) is 5.16. The normalized spacial score (nSPS) is 12.4. The van der Waals surface area contributed by atoms with Crippen LogP contribution < -0.4 is 14.8 Å². The van der Waals surface area contributed by atoms with Crippen LogP contribution in [0.5, 0.6) is 11.5 Å². The second kappa shape index (κ2) is 10.2. The number of hydrogen-bond donors (Lipinski definition) is 1.